The SMILES string of the molecule is Cc1nc(N2CC3(COc4ccccc4C3)C2)c2cccnc2n1. The van der Waals surface area contributed by atoms with E-state index in [2.05, 4.69) is 44.1 Å². The van der Waals surface area contributed by atoms with E-state index < -0.39 is 0 Å². The van der Waals surface area contributed by atoms with Gasteiger partial charge in [-0.3, -0.25) is 0 Å². The Morgan fingerprint density at radius 1 is 1.08 bits per heavy atom. The molecule has 24 heavy (non-hydrogen) atoms. The Morgan fingerprint density at radius 3 is 2.88 bits per heavy atom. The molecule has 0 unspecified atom stereocenters. The zero-order chi connectivity index (χ0) is 16.1. The summed E-state index contributed by atoms with van der Waals surface area (Å²) in [5, 5.41) is 1.02. The second-order valence-corrected chi connectivity index (χ2v) is 6.90. The molecule has 4 heterocycles. The summed E-state index contributed by atoms with van der Waals surface area (Å²) in [6, 6.07) is 12.4. The van der Waals surface area contributed by atoms with Crippen molar-refractivity contribution in [2.24, 2.45) is 5.41 Å². The number of hydrogen-bond donors (Lipinski definition) is 0. The first kappa shape index (κ1) is 13.7. The highest BCUT2D eigenvalue weighted by atomic mass is 16.5. The summed E-state index contributed by atoms with van der Waals surface area (Å²) >= 11 is 0. The van der Waals surface area contributed by atoms with Gasteiger partial charge in [0.1, 0.15) is 17.4 Å². The van der Waals surface area contributed by atoms with Gasteiger partial charge >= 0.3 is 0 Å². The number of hydrogen-bond acceptors (Lipinski definition) is 5. The van der Waals surface area contributed by atoms with Crippen LogP contribution in [0.1, 0.15) is 11.4 Å². The Bertz CT molecular complexity index is 934. The number of anilines is 1. The van der Waals surface area contributed by atoms with Crippen molar-refractivity contribution in [3.8, 4) is 5.75 Å². The van der Waals surface area contributed by atoms with E-state index in [0.29, 0.717) is 0 Å². The van der Waals surface area contributed by atoms with Crippen LogP contribution in [0.15, 0.2) is 42.6 Å². The van der Waals surface area contributed by atoms with Crippen LogP contribution >= 0.6 is 0 Å². The molecule has 2 aromatic heterocycles. The van der Waals surface area contributed by atoms with Crippen molar-refractivity contribution in [1.82, 2.24) is 15.0 Å². The quantitative estimate of drug-likeness (QED) is 0.690. The first-order valence-electron chi connectivity index (χ1n) is 8.28. The lowest BCUT2D eigenvalue weighted by Gasteiger charge is -2.52. The Balaban J connectivity index is 1.45. The molecule has 0 N–H and O–H groups in total. The van der Waals surface area contributed by atoms with E-state index in [1.54, 1.807) is 6.20 Å². The van der Waals surface area contributed by atoms with Crippen LogP contribution in [0.25, 0.3) is 11.0 Å². The molecule has 5 nitrogen and oxygen atoms in total. The predicted octanol–water partition coefficient (Wildman–Crippen LogP) is 2.77. The maximum absolute atomic E-state index is 6.00. The van der Waals surface area contributed by atoms with Gasteiger partial charge in [-0.15, -0.1) is 0 Å². The second-order valence-electron chi connectivity index (χ2n) is 6.90. The highest BCUT2D eigenvalue weighted by Crippen LogP contribution is 2.43. The monoisotopic (exact) mass is 318 g/mol. The van der Waals surface area contributed by atoms with Crippen LogP contribution in [0.2, 0.25) is 0 Å². The maximum Gasteiger partial charge on any atom is 0.164 e. The molecule has 0 amide bonds. The Kier molecular flexibility index (Phi) is 2.80. The summed E-state index contributed by atoms with van der Waals surface area (Å²) in [6.45, 7) is 4.62. The van der Waals surface area contributed by atoms with Crippen LogP contribution in [0, 0.1) is 12.3 Å². The largest absolute Gasteiger partial charge is 0.493 e. The van der Waals surface area contributed by atoms with Crippen LogP contribution in [0.3, 0.4) is 0 Å². The van der Waals surface area contributed by atoms with Crippen molar-refractivity contribution in [1.29, 1.82) is 0 Å². The van der Waals surface area contributed by atoms with E-state index >= 15 is 0 Å². The molecule has 0 atom stereocenters. The van der Waals surface area contributed by atoms with Crippen molar-refractivity contribution in [3.05, 3.63) is 54.0 Å². The molecule has 0 bridgehead atoms. The fraction of sp³-hybridized carbons (Fsp3) is 0.316. The highest BCUT2D eigenvalue weighted by Gasteiger charge is 2.47. The molecule has 1 aromatic carbocycles. The number of aryl methyl sites for hydroxylation is 1. The summed E-state index contributed by atoms with van der Waals surface area (Å²) in [5.74, 6) is 2.80. The van der Waals surface area contributed by atoms with Gasteiger partial charge in [-0.1, -0.05) is 18.2 Å². The molecular weight excluding hydrogens is 300 g/mol. The average Bonchev–Trinajstić information content (AvgIpc) is 2.58. The van der Waals surface area contributed by atoms with Gasteiger partial charge in [0.25, 0.3) is 0 Å². The third-order valence-corrected chi connectivity index (χ3v) is 4.99. The number of pyridine rings is 1. The van der Waals surface area contributed by atoms with Gasteiger partial charge < -0.3 is 9.64 Å². The number of fused-ring (bicyclic) bond motifs is 2. The predicted molar refractivity (Wildman–Crippen MR) is 92.4 cm³/mol. The Hall–Kier alpha value is -2.69. The fourth-order valence-electron chi connectivity index (χ4n) is 3.89. The summed E-state index contributed by atoms with van der Waals surface area (Å²) in [7, 11) is 0. The first-order chi connectivity index (χ1) is 11.7. The van der Waals surface area contributed by atoms with Gasteiger partial charge in [0, 0.05) is 24.7 Å². The number of rotatable bonds is 1. The van der Waals surface area contributed by atoms with Gasteiger partial charge in [-0.25, -0.2) is 15.0 Å². The van der Waals surface area contributed by atoms with E-state index in [4.69, 9.17) is 4.74 Å². The standard InChI is InChI=1S/C19H18N4O/c1-13-21-17-15(6-4-8-20-17)18(22-13)23-10-19(11-23)9-14-5-2-3-7-16(14)24-12-19/h2-8H,9-12H2,1H3. The van der Waals surface area contributed by atoms with Gasteiger partial charge in [-0.05, 0) is 37.1 Å². The molecule has 1 spiro atoms. The normalized spacial score (nSPS) is 18.1. The molecule has 0 radical (unpaired) electrons. The minimum Gasteiger partial charge on any atom is -0.493 e. The smallest absolute Gasteiger partial charge is 0.164 e. The van der Waals surface area contributed by atoms with Crippen LogP contribution in [0.5, 0.6) is 5.75 Å². The van der Waals surface area contributed by atoms with Crippen LogP contribution in [0.4, 0.5) is 5.82 Å². The van der Waals surface area contributed by atoms with Crippen LogP contribution < -0.4 is 9.64 Å². The molecule has 2 aliphatic heterocycles. The second kappa shape index (κ2) is 4.90. The number of aromatic nitrogens is 3. The molecule has 5 heteroatoms. The minimum absolute atomic E-state index is 0.196. The zero-order valence-electron chi connectivity index (χ0n) is 13.6. The van der Waals surface area contributed by atoms with E-state index in [9.17, 15) is 0 Å². The van der Waals surface area contributed by atoms with Crippen molar-refractivity contribution in [2.45, 2.75) is 13.3 Å². The summed E-state index contributed by atoms with van der Waals surface area (Å²) < 4.78 is 6.00. The number of benzene rings is 1. The Labute approximate surface area is 140 Å². The van der Waals surface area contributed by atoms with Gasteiger partial charge in [0.05, 0.1) is 12.0 Å². The molecule has 1 fully saturated rings. The molecule has 0 aliphatic carbocycles. The zero-order valence-corrected chi connectivity index (χ0v) is 13.6. The average molecular weight is 318 g/mol. The topological polar surface area (TPSA) is 51.1 Å². The van der Waals surface area contributed by atoms with E-state index in [-0.39, 0.29) is 5.41 Å². The Morgan fingerprint density at radius 2 is 1.96 bits per heavy atom. The lowest BCUT2D eigenvalue weighted by atomic mass is 9.74. The minimum atomic E-state index is 0.196. The maximum atomic E-state index is 6.00. The summed E-state index contributed by atoms with van der Waals surface area (Å²) in [6.07, 6.45) is 2.85. The lowest BCUT2D eigenvalue weighted by Crippen LogP contribution is -2.61. The van der Waals surface area contributed by atoms with Gasteiger partial charge in [-0.2, -0.15) is 0 Å². The molecule has 1 saturated heterocycles. The molecule has 2 aliphatic rings. The third kappa shape index (κ3) is 2.04. The van der Waals surface area contributed by atoms with Gasteiger partial charge in [0.2, 0.25) is 0 Å². The number of nitrogens with zero attached hydrogens (tertiary/aromatic N) is 4. The number of para-hydroxylation sites is 1. The first-order valence-corrected chi connectivity index (χ1v) is 8.28. The molecular formula is C19H18N4O. The van der Waals surface area contributed by atoms with Crippen molar-refractivity contribution >= 4 is 16.9 Å². The third-order valence-electron chi connectivity index (χ3n) is 4.99. The van der Waals surface area contributed by atoms with Crippen molar-refractivity contribution in [3.63, 3.8) is 0 Å². The molecule has 120 valence electrons. The molecule has 0 saturated carbocycles. The van der Waals surface area contributed by atoms with E-state index in [1.807, 2.05) is 19.1 Å². The van der Waals surface area contributed by atoms with E-state index in [0.717, 1.165) is 54.5 Å². The number of ether oxygens (including phenoxy) is 1. The van der Waals surface area contributed by atoms with E-state index in [1.165, 1.54) is 5.56 Å². The molecule has 5 rings (SSSR count). The summed E-state index contributed by atoms with van der Waals surface area (Å²) in [5.41, 5.74) is 2.28. The summed E-state index contributed by atoms with van der Waals surface area (Å²) in [4.78, 5) is 15.8. The highest BCUT2D eigenvalue weighted by molar-refractivity contribution is 5.87. The molecule has 3 aromatic rings. The van der Waals surface area contributed by atoms with Gasteiger partial charge in [0.15, 0.2) is 5.65 Å². The van der Waals surface area contributed by atoms with Crippen LogP contribution in [-0.4, -0.2) is 34.6 Å². The fourth-order valence-corrected chi connectivity index (χ4v) is 3.89. The van der Waals surface area contributed by atoms with Crippen molar-refractivity contribution < 1.29 is 4.74 Å². The van der Waals surface area contributed by atoms with Crippen LogP contribution in [-0.2, 0) is 6.42 Å². The lowest BCUT2D eigenvalue weighted by molar-refractivity contribution is 0.0876. The van der Waals surface area contributed by atoms with Crippen molar-refractivity contribution in [2.75, 3.05) is 24.6 Å².